The van der Waals surface area contributed by atoms with Crippen molar-refractivity contribution in [3.05, 3.63) is 42.7 Å². The van der Waals surface area contributed by atoms with Crippen molar-refractivity contribution in [1.82, 2.24) is 20.1 Å². The lowest BCUT2D eigenvalue weighted by Gasteiger charge is -2.28. The second-order valence-corrected chi connectivity index (χ2v) is 9.11. The molecule has 0 radical (unpaired) electrons. The Morgan fingerprint density at radius 3 is 2.90 bits per heavy atom. The number of carbonyl (C=O) groups excluding carboxylic acids is 1. The number of hydrogen-bond acceptors (Lipinski definition) is 4. The third kappa shape index (κ3) is 4.25. The minimum atomic E-state index is -0.348. The third-order valence-corrected chi connectivity index (χ3v) is 7.27. The Morgan fingerprint density at radius 2 is 2.21 bits per heavy atom. The van der Waals surface area contributed by atoms with Crippen LogP contribution in [0.25, 0.3) is 11.4 Å². The summed E-state index contributed by atoms with van der Waals surface area (Å²) in [7, 11) is 0. The summed E-state index contributed by atoms with van der Waals surface area (Å²) in [6.07, 6.45) is 6.98. The van der Waals surface area contributed by atoms with E-state index in [2.05, 4.69) is 29.0 Å². The number of carbonyl (C=O) groups is 1. The molecule has 1 N–H and O–H groups in total. The zero-order valence-electron chi connectivity index (χ0n) is 16.7. The molecule has 4 atom stereocenters. The van der Waals surface area contributed by atoms with Gasteiger partial charge in [0.2, 0.25) is 5.91 Å². The highest BCUT2D eigenvalue weighted by molar-refractivity contribution is 7.99. The average Bonchev–Trinajstić information content (AvgIpc) is 3.43. The number of nitrogens with one attached hydrogen (secondary N) is 1. The predicted molar refractivity (Wildman–Crippen MR) is 113 cm³/mol. The highest BCUT2D eigenvalue weighted by Gasteiger charge is 2.42. The SMILES string of the molecule is C=CCn1c(SCC(=O)NC(C)C2CC3CCC2C3)nnc1-c1ccccc1F. The van der Waals surface area contributed by atoms with E-state index in [1.165, 1.54) is 43.5 Å². The maximum Gasteiger partial charge on any atom is 0.230 e. The first-order valence-electron chi connectivity index (χ1n) is 10.3. The van der Waals surface area contributed by atoms with Crippen molar-refractivity contribution < 1.29 is 9.18 Å². The summed E-state index contributed by atoms with van der Waals surface area (Å²) in [4.78, 5) is 12.5. The first-order chi connectivity index (χ1) is 14.1. The zero-order chi connectivity index (χ0) is 20.4. The summed E-state index contributed by atoms with van der Waals surface area (Å²) in [5.74, 6) is 2.62. The summed E-state index contributed by atoms with van der Waals surface area (Å²) >= 11 is 1.32. The lowest BCUT2D eigenvalue weighted by molar-refractivity contribution is -0.119. The van der Waals surface area contributed by atoms with Gasteiger partial charge in [-0.05, 0) is 56.1 Å². The molecule has 1 amide bonds. The fraction of sp³-hybridized carbons (Fsp3) is 0.500. The van der Waals surface area contributed by atoms with E-state index in [4.69, 9.17) is 0 Å². The Labute approximate surface area is 175 Å². The first-order valence-corrected chi connectivity index (χ1v) is 11.3. The topological polar surface area (TPSA) is 59.8 Å². The number of thioether (sulfide) groups is 1. The molecule has 5 nitrogen and oxygen atoms in total. The Bertz CT molecular complexity index is 899. The van der Waals surface area contributed by atoms with E-state index < -0.39 is 0 Å². The van der Waals surface area contributed by atoms with Crippen molar-refractivity contribution in [2.45, 2.75) is 50.4 Å². The molecule has 2 saturated carbocycles. The zero-order valence-corrected chi connectivity index (χ0v) is 17.5. The van der Waals surface area contributed by atoms with E-state index >= 15 is 0 Å². The molecule has 2 bridgehead atoms. The number of halogens is 1. The number of nitrogens with zero attached hydrogens (tertiary/aromatic N) is 3. The van der Waals surface area contributed by atoms with Crippen LogP contribution in [0.3, 0.4) is 0 Å². The van der Waals surface area contributed by atoms with E-state index in [9.17, 15) is 9.18 Å². The molecule has 4 rings (SSSR count). The van der Waals surface area contributed by atoms with Crippen LogP contribution in [0, 0.1) is 23.6 Å². The van der Waals surface area contributed by atoms with Crippen molar-refractivity contribution in [2.75, 3.05) is 5.75 Å². The van der Waals surface area contributed by atoms with Gasteiger partial charge in [0.15, 0.2) is 11.0 Å². The Morgan fingerprint density at radius 1 is 1.38 bits per heavy atom. The smallest absolute Gasteiger partial charge is 0.230 e. The van der Waals surface area contributed by atoms with Crippen LogP contribution in [0.2, 0.25) is 0 Å². The van der Waals surface area contributed by atoms with Crippen LogP contribution < -0.4 is 5.32 Å². The number of hydrogen-bond donors (Lipinski definition) is 1. The van der Waals surface area contributed by atoms with Gasteiger partial charge in [-0.25, -0.2) is 4.39 Å². The number of fused-ring (bicyclic) bond motifs is 2. The van der Waals surface area contributed by atoms with Crippen LogP contribution in [-0.4, -0.2) is 32.5 Å². The lowest BCUT2D eigenvalue weighted by Crippen LogP contribution is -2.40. The van der Waals surface area contributed by atoms with Crippen molar-refractivity contribution >= 4 is 17.7 Å². The summed E-state index contributed by atoms with van der Waals surface area (Å²) in [5, 5.41) is 12.1. The van der Waals surface area contributed by atoms with Crippen LogP contribution in [0.4, 0.5) is 4.39 Å². The molecule has 7 heteroatoms. The molecule has 154 valence electrons. The molecular weight excluding hydrogens is 387 g/mol. The molecule has 1 heterocycles. The highest BCUT2D eigenvalue weighted by Crippen LogP contribution is 2.49. The number of benzene rings is 1. The number of allylic oxidation sites excluding steroid dienone is 1. The van der Waals surface area contributed by atoms with Crippen molar-refractivity contribution in [1.29, 1.82) is 0 Å². The van der Waals surface area contributed by atoms with E-state index in [1.807, 2.05) is 0 Å². The summed E-state index contributed by atoms with van der Waals surface area (Å²) in [6, 6.07) is 6.70. The highest BCUT2D eigenvalue weighted by atomic mass is 32.2. The van der Waals surface area contributed by atoms with Crippen LogP contribution in [-0.2, 0) is 11.3 Å². The van der Waals surface area contributed by atoms with Gasteiger partial charge in [0.1, 0.15) is 5.82 Å². The first kappa shape index (κ1) is 20.1. The van der Waals surface area contributed by atoms with Gasteiger partial charge in [-0.1, -0.05) is 36.4 Å². The number of aromatic nitrogens is 3. The van der Waals surface area contributed by atoms with E-state index in [1.54, 1.807) is 28.8 Å². The summed E-state index contributed by atoms with van der Waals surface area (Å²) in [5.41, 5.74) is 0.392. The fourth-order valence-corrected chi connectivity index (χ4v) is 5.73. The standard InChI is InChI=1S/C22H27FN4OS/c1-3-10-27-21(17-6-4-5-7-19(17)23)25-26-22(27)29-13-20(28)24-14(2)18-12-15-8-9-16(18)11-15/h3-7,14-16,18H,1,8-13H2,2H3,(H,24,28). The molecule has 2 fully saturated rings. The third-order valence-electron chi connectivity index (χ3n) is 6.30. The van der Waals surface area contributed by atoms with Crippen molar-refractivity contribution in [3.63, 3.8) is 0 Å². The quantitative estimate of drug-likeness (QED) is 0.517. The lowest BCUT2D eigenvalue weighted by atomic mass is 9.84. The van der Waals surface area contributed by atoms with Crippen LogP contribution >= 0.6 is 11.8 Å². The number of rotatable bonds is 8. The van der Waals surface area contributed by atoms with Crippen LogP contribution in [0.5, 0.6) is 0 Å². The van der Waals surface area contributed by atoms with Gasteiger partial charge in [0.05, 0.1) is 11.3 Å². The molecule has 0 saturated heterocycles. The van der Waals surface area contributed by atoms with E-state index in [0.29, 0.717) is 29.0 Å². The molecule has 4 unspecified atom stereocenters. The minimum absolute atomic E-state index is 0.00543. The van der Waals surface area contributed by atoms with Crippen molar-refractivity contribution in [3.8, 4) is 11.4 Å². The van der Waals surface area contributed by atoms with Gasteiger partial charge in [-0.15, -0.1) is 16.8 Å². The molecule has 0 spiro atoms. The monoisotopic (exact) mass is 414 g/mol. The van der Waals surface area contributed by atoms with Gasteiger partial charge in [0.25, 0.3) is 0 Å². The van der Waals surface area contributed by atoms with Crippen LogP contribution in [0.15, 0.2) is 42.1 Å². The molecular formula is C22H27FN4OS. The molecule has 1 aromatic carbocycles. The van der Waals surface area contributed by atoms with E-state index in [-0.39, 0.29) is 23.5 Å². The van der Waals surface area contributed by atoms with Gasteiger partial charge in [-0.2, -0.15) is 0 Å². The average molecular weight is 415 g/mol. The Hall–Kier alpha value is -2.15. The van der Waals surface area contributed by atoms with Gasteiger partial charge >= 0.3 is 0 Å². The molecule has 0 aliphatic heterocycles. The van der Waals surface area contributed by atoms with Crippen LogP contribution in [0.1, 0.15) is 32.6 Å². The molecule has 29 heavy (non-hydrogen) atoms. The normalized spacial score (nSPS) is 23.9. The van der Waals surface area contributed by atoms with Gasteiger partial charge in [0, 0.05) is 12.6 Å². The molecule has 2 aromatic rings. The summed E-state index contributed by atoms with van der Waals surface area (Å²) in [6.45, 7) is 6.35. The fourth-order valence-electron chi connectivity index (χ4n) is 4.97. The van der Waals surface area contributed by atoms with Gasteiger partial charge in [-0.3, -0.25) is 9.36 Å². The molecule has 2 aliphatic rings. The van der Waals surface area contributed by atoms with Gasteiger partial charge < -0.3 is 5.32 Å². The Kier molecular flexibility index (Phi) is 6.04. The predicted octanol–water partition coefficient (Wildman–Crippen LogP) is 4.30. The second kappa shape index (κ2) is 8.69. The van der Waals surface area contributed by atoms with E-state index in [0.717, 1.165) is 11.8 Å². The largest absolute Gasteiger partial charge is 0.353 e. The maximum absolute atomic E-state index is 14.2. The second-order valence-electron chi connectivity index (χ2n) is 8.17. The minimum Gasteiger partial charge on any atom is -0.353 e. The molecule has 2 aliphatic carbocycles. The molecule has 1 aromatic heterocycles. The Balaban J connectivity index is 1.39. The summed E-state index contributed by atoms with van der Waals surface area (Å²) < 4.78 is 16.0. The maximum atomic E-state index is 14.2. The van der Waals surface area contributed by atoms with Crippen molar-refractivity contribution in [2.24, 2.45) is 17.8 Å². The number of amides is 1.